The van der Waals surface area contributed by atoms with Crippen LogP contribution in [-0.2, 0) is 6.54 Å². The van der Waals surface area contributed by atoms with E-state index in [1.165, 1.54) is 10.5 Å². The van der Waals surface area contributed by atoms with Gasteiger partial charge in [0.1, 0.15) is 0 Å². The quantitative estimate of drug-likeness (QED) is 0.655. The maximum absolute atomic E-state index is 6.03. The Morgan fingerprint density at radius 1 is 1.19 bits per heavy atom. The van der Waals surface area contributed by atoms with E-state index in [-0.39, 0.29) is 0 Å². The molecule has 0 saturated heterocycles. The first-order valence-corrected chi connectivity index (χ1v) is 8.96. The molecule has 2 rings (SSSR count). The van der Waals surface area contributed by atoms with Crippen molar-refractivity contribution in [3.8, 4) is 0 Å². The first-order valence-electron chi connectivity index (χ1n) is 6.97. The van der Waals surface area contributed by atoms with E-state index in [4.69, 9.17) is 11.6 Å². The average Bonchev–Trinajstić information content (AvgIpc) is 2.41. The third kappa shape index (κ3) is 5.67. The Balaban J connectivity index is 2.02. The van der Waals surface area contributed by atoms with Crippen LogP contribution in [0.4, 0.5) is 0 Å². The summed E-state index contributed by atoms with van der Waals surface area (Å²) < 4.78 is 1.12. The Morgan fingerprint density at radius 3 is 2.67 bits per heavy atom. The van der Waals surface area contributed by atoms with E-state index in [9.17, 15) is 0 Å². The first kappa shape index (κ1) is 16.9. The van der Waals surface area contributed by atoms with Crippen LogP contribution in [0.2, 0.25) is 5.02 Å². The van der Waals surface area contributed by atoms with E-state index in [1.807, 2.05) is 18.2 Å². The summed E-state index contributed by atoms with van der Waals surface area (Å²) in [6.45, 7) is 6.37. The molecule has 0 saturated carbocycles. The van der Waals surface area contributed by atoms with Gasteiger partial charge in [-0.2, -0.15) is 0 Å². The molecule has 0 heterocycles. The van der Waals surface area contributed by atoms with Gasteiger partial charge in [-0.05, 0) is 64.3 Å². The Bertz CT molecular complexity index is 601. The van der Waals surface area contributed by atoms with Crippen LogP contribution in [-0.4, -0.2) is 6.54 Å². The molecule has 112 valence electrons. The smallest absolute Gasteiger partial charge is 0.0417 e. The zero-order valence-electron chi connectivity index (χ0n) is 12.2. The highest BCUT2D eigenvalue weighted by molar-refractivity contribution is 9.10. The lowest BCUT2D eigenvalue weighted by Crippen LogP contribution is -2.18. The van der Waals surface area contributed by atoms with Crippen LogP contribution in [0.1, 0.15) is 19.4 Å². The highest BCUT2D eigenvalue weighted by atomic mass is 79.9. The van der Waals surface area contributed by atoms with Crippen LogP contribution in [0.5, 0.6) is 0 Å². The maximum Gasteiger partial charge on any atom is 0.0417 e. The van der Waals surface area contributed by atoms with Crippen molar-refractivity contribution in [2.24, 2.45) is 5.92 Å². The minimum absolute atomic E-state index is 0.672. The molecule has 0 atom stereocenters. The van der Waals surface area contributed by atoms with Crippen LogP contribution in [0.25, 0.3) is 0 Å². The number of nitrogens with one attached hydrogen (secondary N) is 1. The van der Waals surface area contributed by atoms with Crippen LogP contribution >= 0.6 is 39.3 Å². The standard InChI is InChI=1S/C17H19BrClNS/c1-12(2)10-20-11-13-6-7-17(16(18)8-13)21-15-5-3-4-14(19)9-15/h3-9,12,20H,10-11H2,1-2H3. The maximum atomic E-state index is 6.03. The van der Waals surface area contributed by atoms with Gasteiger partial charge in [0.05, 0.1) is 0 Å². The summed E-state index contributed by atoms with van der Waals surface area (Å²) >= 11 is 11.4. The van der Waals surface area contributed by atoms with Gasteiger partial charge in [-0.25, -0.2) is 0 Å². The van der Waals surface area contributed by atoms with E-state index in [2.05, 4.69) is 59.4 Å². The normalized spacial score (nSPS) is 11.1. The van der Waals surface area contributed by atoms with Crippen LogP contribution in [0, 0.1) is 5.92 Å². The van der Waals surface area contributed by atoms with Gasteiger partial charge in [0, 0.05) is 25.8 Å². The monoisotopic (exact) mass is 383 g/mol. The molecule has 0 unspecified atom stereocenters. The van der Waals surface area contributed by atoms with Crippen molar-refractivity contribution in [2.45, 2.75) is 30.2 Å². The molecule has 0 aliphatic rings. The second-order valence-electron chi connectivity index (χ2n) is 5.35. The summed E-state index contributed by atoms with van der Waals surface area (Å²) in [4.78, 5) is 2.35. The molecular formula is C17H19BrClNS. The van der Waals surface area contributed by atoms with Gasteiger partial charge < -0.3 is 5.32 Å². The molecule has 0 aliphatic carbocycles. The number of hydrogen-bond donors (Lipinski definition) is 1. The minimum Gasteiger partial charge on any atom is -0.312 e. The largest absolute Gasteiger partial charge is 0.312 e. The summed E-state index contributed by atoms with van der Waals surface area (Å²) in [5.74, 6) is 0.672. The summed E-state index contributed by atoms with van der Waals surface area (Å²) in [5, 5.41) is 4.23. The summed E-state index contributed by atoms with van der Waals surface area (Å²) in [7, 11) is 0. The van der Waals surface area contributed by atoms with Crippen molar-refractivity contribution in [3.05, 3.63) is 57.5 Å². The predicted molar refractivity (Wildman–Crippen MR) is 96.3 cm³/mol. The molecule has 0 radical (unpaired) electrons. The SMILES string of the molecule is CC(C)CNCc1ccc(Sc2cccc(Cl)c2)c(Br)c1. The summed E-state index contributed by atoms with van der Waals surface area (Å²) in [5.41, 5.74) is 1.29. The van der Waals surface area contributed by atoms with Gasteiger partial charge in [-0.3, -0.25) is 0 Å². The predicted octanol–water partition coefficient (Wildman–Crippen LogP) is 6.00. The van der Waals surface area contributed by atoms with Crippen LogP contribution in [0.3, 0.4) is 0 Å². The number of benzene rings is 2. The molecule has 0 fully saturated rings. The van der Waals surface area contributed by atoms with E-state index >= 15 is 0 Å². The second kappa shape index (κ2) is 8.23. The Labute approximate surface area is 144 Å². The van der Waals surface area contributed by atoms with Crippen molar-refractivity contribution in [2.75, 3.05) is 6.54 Å². The fourth-order valence-corrected chi connectivity index (χ4v) is 3.70. The van der Waals surface area contributed by atoms with Crippen molar-refractivity contribution >= 4 is 39.3 Å². The van der Waals surface area contributed by atoms with E-state index in [1.54, 1.807) is 11.8 Å². The van der Waals surface area contributed by atoms with Crippen LogP contribution in [0.15, 0.2) is 56.7 Å². The first-order chi connectivity index (χ1) is 10.0. The molecule has 21 heavy (non-hydrogen) atoms. The summed E-state index contributed by atoms with van der Waals surface area (Å²) in [6.07, 6.45) is 0. The lowest BCUT2D eigenvalue weighted by molar-refractivity contribution is 0.552. The zero-order chi connectivity index (χ0) is 15.2. The Hall–Kier alpha value is -0.480. The number of halogens is 2. The van der Waals surface area contributed by atoms with Gasteiger partial charge >= 0.3 is 0 Å². The molecular weight excluding hydrogens is 366 g/mol. The van der Waals surface area contributed by atoms with Gasteiger partial charge in [0.15, 0.2) is 0 Å². The molecule has 1 N–H and O–H groups in total. The highest BCUT2D eigenvalue weighted by Gasteiger charge is 2.05. The molecule has 0 aliphatic heterocycles. The average molecular weight is 385 g/mol. The number of hydrogen-bond acceptors (Lipinski definition) is 2. The third-order valence-corrected chi connectivity index (χ3v) is 5.12. The van der Waals surface area contributed by atoms with E-state index in [0.29, 0.717) is 5.92 Å². The summed E-state index contributed by atoms with van der Waals surface area (Å²) in [6, 6.07) is 14.4. The van der Waals surface area contributed by atoms with Crippen molar-refractivity contribution < 1.29 is 0 Å². The third-order valence-electron chi connectivity index (χ3n) is 2.90. The zero-order valence-corrected chi connectivity index (χ0v) is 15.4. The van der Waals surface area contributed by atoms with Crippen LogP contribution < -0.4 is 5.32 Å². The van der Waals surface area contributed by atoms with Gasteiger partial charge in [-0.1, -0.05) is 49.3 Å². The van der Waals surface area contributed by atoms with Crippen molar-refractivity contribution in [1.29, 1.82) is 0 Å². The molecule has 2 aromatic rings. The second-order valence-corrected chi connectivity index (χ2v) is 7.76. The molecule has 2 aromatic carbocycles. The highest BCUT2D eigenvalue weighted by Crippen LogP contribution is 2.34. The molecule has 0 spiro atoms. The minimum atomic E-state index is 0.672. The number of rotatable bonds is 6. The van der Waals surface area contributed by atoms with E-state index < -0.39 is 0 Å². The molecule has 4 heteroatoms. The van der Waals surface area contributed by atoms with Crippen molar-refractivity contribution in [3.63, 3.8) is 0 Å². The topological polar surface area (TPSA) is 12.0 Å². The van der Waals surface area contributed by atoms with E-state index in [0.717, 1.165) is 27.5 Å². The Morgan fingerprint density at radius 2 is 2.00 bits per heavy atom. The lowest BCUT2D eigenvalue weighted by Gasteiger charge is -2.10. The lowest BCUT2D eigenvalue weighted by atomic mass is 10.2. The molecule has 0 aromatic heterocycles. The molecule has 1 nitrogen and oxygen atoms in total. The van der Waals surface area contributed by atoms with Gasteiger partial charge in [-0.15, -0.1) is 0 Å². The fraction of sp³-hybridized carbons (Fsp3) is 0.294. The fourth-order valence-electron chi connectivity index (χ4n) is 1.90. The molecule has 0 bridgehead atoms. The van der Waals surface area contributed by atoms with Gasteiger partial charge in [0.2, 0.25) is 0 Å². The van der Waals surface area contributed by atoms with Gasteiger partial charge in [0.25, 0.3) is 0 Å². The molecule has 0 amide bonds. The van der Waals surface area contributed by atoms with Crippen molar-refractivity contribution in [1.82, 2.24) is 5.32 Å². The Kier molecular flexibility index (Phi) is 6.62.